The van der Waals surface area contributed by atoms with Gasteiger partial charge in [0.1, 0.15) is 0 Å². The third kappa shape index (κ3) is 3.81. The Hall–Kier alpha value is -1.97. The molecule has 2 aliphatic rings. The molecule has 2 aliphatic heterocycles. The van der Waals surface area contributed by atoms with Gasteiger partial charge in [-0.1, -0.05) is 18.2 Å². The molecule has 1 amide bonds. The number of hydrogen-bond donors (Lipinski definition) is 0. The predicted octanol–water partition coefficient (Wildman–Crippen LogP) is 3.61. The molecule has 0 saturated carbocycles. The first kappa shape index (κ1) is 14.9. The number of benzene rings is 1. The Morgan fingerprint density at radius 3 is 2.82 bits per heavy atom. The van der Waals surface area contributed by atoms with Crippen LogP contribution in [0, 0.1) is 0 Å². The number of nitrogens with zero attached hydrogens (tertiary/aromatic N) is 1. The number of ether oxygens (including phenoxy) is 2. The fourth-order valence-corrected chi connectivity index (χ4v) is 2.90. The van der Waals surface area contributed by atoms with Gasteiger partial charge >= 0.3 is 0 Å². The van der Waals surface area contributed by atoms with Gasteiger partial charge in [-0.2, -0.15) is 0 Å². The van der Waals surface area contributed by atoms with Crippen LogP contribution < -0.4 is 9.47 Å². The Morgan fingerprint density at radius 1 is 1.14 bits per heavy atom. The van der Waals surface area contributed by atoms with Crippen LogP contribution in [0.2, 0.25) is 0 Å². The van der Waals surface area contributed by atoms with Crippen LogP contribution in [-0.4, -0.2) is 30.7 Å². The molecule has 4 nitrogen and oxygen atoms in total. The highest BCUT2D eigenvalue weighted by Gasteiger charge is 2.16. The van der Waals surface area contributed by atoms with Crippen LogP contribution in [0.5, 0.6) is 11.5 Å². The summed E-state index contributed by atoms with van der Waals surface area (Å²) in [6.07, 6.45) is 10.3. The maximum atomic E-state index is 11.9. The number of hydrogen-bond acceptors (Lipinski definition) is 3. The van der Waals surface area contributed by atoms with Gasteiger partial charge < -0.3 is 14.4 Å². The Bertz CT molecular complexity index is 547. The SMILES string of the molecule is O=C(CCCC/C=C/c1ccc2c(c1)OCO2)N1CCCC1. The van der Waals surface area contributed by atoms with Crippen molar-refractivity contribution in [2.24, 2.45) is 0 Å². The monoisotopic (exact) mass is 301 g/mol. The lowest BCUT2D eigenvalue weighted by Crippen LogP contribution is -2.27. The van der Waals surface area contributed by atoms with Gasteiger partial charge in [-0.25, -0.2) is 0 Å². The molecule has 0 spiro atoms. The minimum atomic E-state index is 0.313. The Balaban J connectivity index is 1.35. The van der Waals surface area contributed by atoms with Crippen molar-refractivity contribution in [2.75, 3.05) is 19.9 Å². The van der Waals surface area contributed by atoms with E-state index in [1.54, 1.807) is 0 Å². The third-order valence-corrected chi connectivity index (χ3v) is 4.18. The van der Waals surface area contributed by atoms with Crippen molar-refractivity contribution < 1.29 is 14.3 Å². The van der Waals surface area contributed by atoms with Gasteiger partial charge in [0.15, 0.2) is 11.5 Å². The first-order valence-electron chi connectivity index (χ1n) is 8.17. The van der Waals surface area contributed by atoms with E-state index in [0.29, 0.717) is 19.1 Å². The van der Waals surface area contributed by atoms with Crippen molar-refractivity contribution in [2.45, 2.75) is 38.5 Å². The third-order valence-electron chi connectivity index (χ3n) is 4.18. The van der Waals surface area contributed by atoms with E-state index in [4.69, 9.17) is 9.47 Å². The predicted molar refractivity (Wildman–Crippen MR) is 85.9 cm³/mol. The van der Waals surface area contributed by atoms with Gasteiger partial charge in [0, 0.05) is 19.5 Å². The van der Waals surface area contributed by atoms with Crippen LogP contribution in [0.25, 0.3) is 6.08 Å². The number of unbranched alkanes of at least 4 members (excludes halogenated alkanes) is 2. The quantitative estimate of drug-likeness (QED) is 0.753. The van der Waals surface area contributed by atoms with Crippen LogP contribution in [0.15, 0.2) is 24.3 Å². The Kier molecular flexibility index (Phi) is 4.99. The molecule has 4 heteroatoms. The Morgan fingerprint density at radius 2 is 1.95 bits per heavy atom. The number of likely N-dealkylation sites (tertiary alicyclic amines) is 1. The van der Waals surface area contributed by atoms with Crippen LogP contribution in [-0.2, 0) is 4.79 Å². The number of carbonyl (C=O) groups excluding carboxylic acids is 1. The first-order chi connectivity index (χ1) is 10.8. The average molecular weight is 301 g/mol. The number of amides is 1. The molecule has 1 saturated heterocycles. The van der Waals surface area contributed by atoms with E-state index >= 15 is 0 Å². The number of rotatable bonds is 6. The summed E-state index contributed by atoms with van der Waals surface area (Å²) in [5.74, 6) is 1.97. The fourth-order valence-electron chi connectivity index (χ4n) is 2.90. The highest BCUT2D eigenvalue weighted by atomic mass is 16.7. The lowest BCUT2D eigenvalue weighted by Gasteiger charge is -2.14. The van der Waals surface area contributed by atoms with Crippen LogP contribution in [0.3, 0.4) is 0 Å². The van der Waals surface area contributed by atoms with E-state index in [1.807, 2.05) is 23.1 Å². The molecule has 0 N–H and O–H groups in total. The zero-order chi connectivity index (χ0) is 15.2. The summed E-state index contributed by atoms with van der Waals surface area (Å²) in [6, 6.07) is 5.97. The van der Waals surface area contributed by atoms with E-state index in [-0.39, 0.29) is 0 Å². The molecule has 118 valence electrons. The normalized spacial score (nSPS) is 16.6. The molecular weight excluding hydrogens is 278 g/mol. The second kappa shape index (κ2) is 7.34. The van der Waals surface area contributed by atoms with Crippen molar-refractivity contribution in [1.29, 1.82) is 0 Å². The molecule has 3 rings (SSSR count). The van der Waals surface area contributed by atoms with Crippen molar-refractivity contribution >= 4 is 12.0 Å². The zero-order valence-electron chi connectivity index (χ0n) is 12.9. The summed E-state index contributed by atoms with van der Waals surface area (Å²) in [5, 5.41) is 0. The maximum Gasteiger partial charge on any atom is 0.231 e. The summed E-state index contributed by atoms with van der Waals surface area (Å²) in [7, 11) is 0. The topological polar surface area (TPSA) is 38.8 Å². The molecule has 0 bridgehead atoms. The fraction of sp³-hybridized carbons (Fsp3) is 0.500. The minimum absolute atomic E-state index is 0.313. The van der Waals surface area contributed by atoms with E-state index in [0.717, 1.165) is 49.4 Å². The average Bonchev–Trinajstić information content (AvgIpc) is 3.20. The lowest BCUT2D eigenvalue weighted by atomic mass is 10.1. The first-order valence-corrected chi connectivity index (χ1v) is 8.17. The van der Waals surface area contributed by atoms with Crippen molar-refractivity contribution in [3.8, 4) is 11.5 Å². The van der Waals surface area contributed by atoms with Crippen molar-refractivity contribution in [1.82, 2.24) is 4.90 Å². The molecule has 0 aromatic heterocycles. The van der Waals surface area contributed by atoms with Gasteiger partial charge in [-0.3, -0.25) is 4.79 Å². The maximum absolute atomic E-state index is 11.9. The number of carbonyl (C=O) groups is 1. The van der Waals surface area contributed by atoms with E-state index in [1.165, 1.54) is 12.8 Å². The molecule has 1 fully saturated rings. The second-order valence-corrected chi connectivity index (χ2v) is 5.85. The molecule has 22 heavy (non-hydrogen) atoms. The van der Waals surface area contributed by atoms with Gasteiger partial charge in [0.2, 0.25) is 12.7 Å². The minimum Gasteiger partial charge on any atom is -0.454 e. The molecule has 0 unspecified atom stereocenters. The van der Waals surface area contributed by atoms with Crippen LogP contribution in [0.4, 0.5) is 0 Å². The summed E-state index contributed by atoms with van der Waals surface area (Å²) >= 11 is 0. The van der Waals surface area contributed by atoms with Gasteiger partial charge in [-0.05, 0) is 49.8 Å². The molecule has 0 aliphatic carbocycles. The molecule has 1 aromatic carbocycles. The van der Waals surface area contributed by atoms with E-state index in [2.05, 4.69) is 12.2 Å². The molecular formula is C18H23NO3. The lowest BCUT2D eigenvalue weighted by molar-refractivity contribution is -0.130. The van der Waals surface area contributed by atoms with E-state index < -0.39 is 0 Å². The highest BCUT2D eigenvalue weighted by molar-refractivity contribution is 5.76. The van der Waals surface area contributed by atoms with Gasteiger partial charge in [0.05, 0.1) is 0 Å². The van der Waals surface area contributed by atoms with Crippen LogP contribution >= 0.6 is 0 Å². The summed E-state index contributed by atoms with van der Waals surface area (Å²) in [4.78, 5) is 13.9. The highest BCUT2D eigenvalue weighted by Crippen LogP contribution is 2.32. The second-order valence-electron chi connectivity index (χ2n) is 5.85. The zero-order valence-corrected chi connectivity index (χ0v) is 12.9. The smallest absolute Gasteiger partial charge is 0.231 e. The van der Waals surface area contributed by atoms with Crippen molar-refractivity contribution in [3.05, 3.63) is 29.8 Å². The molecule has 1 aromatic rings. The Labute approximate surface area is 131 Å². The van der Waals surface area contributed by atoms with Gasteiger partial charge in [0.25, 0.3) is 0 Å². The molecule has 2 heterocycles. The van der Waals surface area contributed by atoms with Crippen molar-refractivity contribution in [3.63, 3.8) is 0 Å². The van der Waals surface area contributed by atoms with E-state index in [9.17, 15) is 4.79 Å². The molecule has 0 atom stereocenters. The molecule has 0 radical (unpaired) electrons. The summed E-state index contributed by atoms with van der Waals surface area (Å²) in [6.45, 7) is 2.24. The standard InChI is InChI=1S/C18H23NO3/c20-18(19-11-5-6-12-19)8-4-2-1-3-7-15-9-10-16-17(13-15)22-14-21-16/h3,7,9-10,13H,1-2,4-6,8,11-12,14H2/b7-3+. The van der Waals surface area contributed by atoms with Gasteiger partial charge in [-0.15, -0.1) is 0 Å². The number of allylic oxidation sites excluding steroid dienone is 1. The number of fused-ring (bicyclic) bond motifs is 1. The summed E-state index contributed by atoms with van der Waals surface area (Å²) < 4.78 is 10.7. The summed E-state index contributed by atoms with van der Waals surface area (Å²) in [5.41, 5.74) is 1.12. The van der Waals surface area contributed by atoms with Crippen LogP contribution in [0.1, 0.15) is 44.1 Å². The largest absolute Gasteiger partial charge is 0.454 e.